The van der Waals surface area contributed by atoms with Gasteiger partial charge in [-0.25, -0.2) is 8.78 Å². The molecule has 1 amide bonds. The largest absolute Gasteiger partial charge is 0.459 e. The molecule has 0 unspecified atom stereocenters. The lowest BCUT2D eigenvalue weighted by Gasteiger charge is -2.31. The van der Waals surface area contributed by atoms with Gasteiger partial charge in [0.15, 0.2) is 0 Å². The van der Waals surface area contributed by atoms with E-state index in [0.717, 1.165) is 40.8 Å². The Morgan fingerprint density at radius 1 is 1.20 bits per heavy atom. The van der Waals surface area contributed by atoms with Crippen molar-refractivity contribution in [2.45, 2.75) is 44.1 Å². The predicted molar refractivity (Wildman–Crippen MR) is 109 cm³/mol. The Kier molecular flexibility index (Phi) is 4.58. The summed E-state index contributed by atoms with van der Waals surface area (Å²) in [6, 6.07) is 9.64. The van der Waals surface area contributed by atoms with Crippen LogP contribution >= 0.6 is 0 Å². The van der Waals surface area contributed by atoms with Crippen LogP contribution in [0.15, 0.2) is 40.9 Å². The monoisotopic (exact) mass is 411 g/mol. The molecule has 2 fully saturated rings. The van der Waals surface area contributed by atoms with Crippen LogP contribution in [0.1, 0.15) is 53.3 Å². The van der Waals surface area contributed by atoms with E-state index in [4.69, 9.17) is 10.2 Å². The van der Waals surface area contributed by atoms with Crippen molar-refractivity contribution in [3.05, 3.63) is 53.4 Å². The minimum absolute atomic E-state index is 0.0684. The van der Waals surface area contributed by atoms with E-state index in [1.165, 1.54) is 16.7 Å². The van der Waals surface area contributed by atoms with Gasteiger partial charge in [0.25, 0.3) is 11.8 Å². The van der Waals surface area contributed by atoms with Crippen molar-refractivity contribution in [2.24, 2.45) is 5.73 Å². The fourth-order valence-corrected chi connectivity index (χ4v) is 4.09. The number of hydrogen-bond donors (Lipinski definition) is 1. The van der Waals surface area contributed by atoms with E-state index in [-0.39, 0.29) is 31.8 Å². The number of piperidine rings is 1. The molecule has 0 radical (unpaired) electrons. The number of nitrogens with zero attached hydrogens (tertiary/aromatic N) is 2. The van der Waals surface area contributed by atoms with E-state index < -0.39 is 5.92 Å². The lowest BCUT2D eigenvalue weighted by molar-refractivity contribution is -0.0494. The van der Waals surface area contributed by atoms with Crippen molar-refractivity contribution in [2.75, 3.05) is 13.1 Å². The molecule has 3 aromatic rings. The number of likely N-dealkylation sites (tertiary alicyclic amines) is 1. The Morgan fingerprint density at radius 3 is 2.60 bits per heavy atom. The number of hydrogen-bond acceptors (Lipinski definition) is 4. The number of furan rings is 1. The second-order valence-corrected chi connectivity index (χ2v) is 8.26. The zero-order chi connectivity index (χ0) is 20.9. The van der Waals surface area contributed by atoms with E-state index >= 15 is 0 Å². The maximum Gasteiger partial charge on any atom is 0.255 e. The van der Waals surface area contributed by atoms with Crippen LogP contribution in [0, 0.1) is 0 Å². The van der Waals surface area contributed by atoms with Crippen LogP contribution in [0.25, 0.3) is 22.2 Å². The molecule has 7 heteroatoms. The minimum Gasteiger partial charge on any atom is -0.459 e. The second kappa shape index (κ2) is 7.16. The predicted octanol–water partition coefficient (Wildman–Crippen LogP) is 4.70. The van der Waals surface area contributed by atoms with Crippen molar-refractivity contribution in [3.63, 3.8) is 0 Å². The number of carbonyl (C=O) groups excluding carboxylic acids is 1. The average molecular weight is 411 g/mol. The highest BCUT2D eigenvalue weighted by molar-refractivity contribution is 5.94. The first-order chi connectivity index (χ1) is 14.4. The van der Waals surface area contributed by atoms with E-state index in [9.17, 15) is 13.6 Å². The third kappa shape index (κ3) is 3.58. The molecular weight excluding hydrogens is 388 g/mol. The number of halogens is 2. The number of benzene rings is 1. The SMILES string of the molecule is NCc1cc2cc(-c3ccc(C(=O)N4CCC(F)(F)CC4)cn3)cc(C3CC3)c2o1. The highest BCUT2D eigenvalue weighted by Crippen LogP contribution is 2.45. The molecule has 0 spiro atoms. The Labute approximate surface area is 172 Å². The quantitative estimate of drug-likeness (QED) is 0.675. The maximum absolute atomic E-state index is 13.3. The number of aromatic nitrogens is 1. The third-order valence-electron chi connectivity index (χ3n) is 6.00. The molecule has 5 rings (SSSR count). The number of pyridine rings is 1. The van der Waals surface area contributed by atoms with Crippen molar-refractivity contribution in [1.82, 2.24) is 9.88 Å². The summed E-state index contributed by atoms with van der Waals surface area (Å²) in [5, 5.41) is 1.01. The smallest absolute Gasteiger partial charge is 0.255 e. The second-order valence-electron chi connectivity index (χ2n) is 8.26. The normalized spacial score (nSPS) is 18.7. The first kappa shape index (κ1) is 19.2. The summed E-state index contributed by atoms with van der Waals surface area (Å²) in [4.78, 5) is 18.6. The molecular formula is C23H23F2N3O2. The Morgan fingerprint density at radius 2 is 1.97 bits per heavy atom. The molecule has 1 saturated heterocycles. The number of fused-ring (bicyclic) bond motifs is 1. The van der Waals surface area contributed by atoms with E-state index in [1.54, 1.807) is 6.07 Å². The highest BCUT2D eigenvalue weighted by atomic mass is 19.3. The lowest BCUT2D eigenvalue weighted by atomic mass is 10.0. The summed E-state index contributed by atoms with van der Waals surface area (Å²) in [6.45, 7) is 0.490. The summed E-state index contributed by atoms with van der Waals surface area (Å²) >= 11 is 0. The van der Waals surface area contributed by atoms with Gasteiger partial charge in [0.2, 0.25) is 0 Å². The molecule has 1 aromatic carbocycles. The molecule has 2 aliphatic rings. The molecule has 2 aromatic heterocycles. The fraction of sp³-hybridized carbons (Fsp3) is 0.391. The van der Waals surface area contributed by atoms with Gasteiger partial charge < -0.3 is 15.1 Å². The summed E-state index contributed by atoms with van der Waals surface area (Å²) in [7, 11) is 0. The molecule has 1 aliphatic heterocycles. The number of alkyl halides is 2. The third-order valence-corrected chi connectivity index (χ3v) is 6.00. The van der Waals surface area contributed by atoms with Crippen molar-refractivity contribution >= 4 is 16.9 Å². The maximum atomic E-state index is 13.3. The van der Waals surface area contributed by atoms with E-state index in [1.807, 2.05) is 18.2 Å². The molecule has 0 bridgehead atoms. The number of rotatable bonds is 4. The van der Waals surface area contributed by atoms with Crippen LogP contribution < -0.4 is 5.73 Å². The van der Waals surface area contributed by atoms with Gasteiger partial charge in [-0.05, 0) is 54.7 Å². The lowest BCUT2D eigenvalue weighted by Crippen LogP contribution is -2.42. The van der Waals surface area contributed by atoms with Crippen molar-refractivity contribution < 1.29 is 18.0 Å². The van der Waals surface area contributed by atoms with Gasteiger partial charge in [-0.3, -0.25) is 9.78 Å². The van der Waals surface area contributed by atoms with Crippen LogP contribution in [0.2, 0.25) is 0 Å². The van der Waals surface area contributed by atoms with Crippen LogP contribution in [0.3, 0.4) is 0 Å². The van der Waals surface area contributed by atoms with Gasteiger partial charge in [-0.2, -0.15) is 0 Å². The van der Waals surface area contributed by atoms with E-state index in [2.05, 4.69) is 11.1 Å². The highest BCUT2D eigenvalue weighted by Gasteiger charge is 2.35. The van der Waals surface area contributed by atoms with Gasteiger partial charge >= 0.3 is 0 Å². The topological polar surface area (TPSA) is 72.4 Å². The van der Waals surface area contributed by atoms with Gasteiger partial charge in [0, 0.05) is 43.1 Å². The van der Waals surface area contributed by atoms with Crippen LogP contribution in [0.4, 0.5) is 8.78 Å². The Hall–Kier alpha value is -2.80. The van der Waals surface area contributed by atoms with Gasteiger partial charge in [0.05, 0.1) is 17.8 Å². The first-order valence-electron chi connectivity index (χ1n) is 10.3. The Bertz CT molecular complexity index is 1090. The summed E-state index contributed by atoms with van der Waals surface area (Å²) < 4.78 is 32.6. The minimum atomic E-state index is -2.67. The number of amides is 1. The van der Waals surface area contributed by atoms with Crippen LogP contribution in [-0.2, 0) is 6.54 Å². The first-order valence-corrected chi connectivity index (χ1v) is 10.3. The van der Waals surface area contributed by atoms with Gasteiger partial charge in [-0.15, -0.1) is 0 Å². The zero-order valence-electron chi connectivity index (χ0n) is 16.5. The number of nitrogens with two attached hydrogens (primary N) is 1. The van der Waals surface area contributed by atoms with Crippen molar-refractivity contribution in [3.8, 4) is 11.3 Å². The number of carbonyl (C=O) groups is 1. The molecule has 2 N–H and O–H groups in total. The zero-order valence-corrected chi connectivity index (χ0v) is 16.5. The average Bonchev–Trinajstić information content (AvgIpc) is 3.51. The van der Waals surface area contributed by atoms with Crippen LogP contribution in [-0.4, -0.2) is 34.8 Å². The Balaban J connectivity index is 1.41. The fourth-order valence-electron chi connectivity index (χ4n) is 4.09. The van der Waals surface area contributed by atoms with Crippen molar-refractivity contribution in [1.29, 1.82) is 0 Å². The molecule has 156 valence electrons. The standard InChI is InChI=1S/C23H23F2N3O2/c24-23(25)5-7-28(8-6-23)22(29)15-3-4-20(27-13-15)16-9-17-10-18(12-26)30-21(17)19(11-16)14-1-2-14/h3-4,9-11,13-14H,1-2,5-8,12,26H2. The molecule has 30 heavy (non-hydrogen) atoms. The summed E-state index contributed by atoms with van der Waals surface area (Å²) in [5.41, 5.74) is 9.96. The molecule has 0 atom stereocenters. The molecule has 1 saturated carbocycles. The van der Waals surface area contributed by atoms with Crippen LogP contribution in [0.5, 0.6) is 0 Å². The molecule has 3 heterocycles. The molecule has 1 aliphatic carbocycles. The summed E-state index contributed by atoms with van der Waals surface area (Å²) in [6.07, 6.45) is 3.25. The summed E-state index contributed by atoms with van der Waals surface area (Å²) in [5.74, 6) is -1.67. The van der Waals surface area contributed by atoms with Gasteiger partial charge in [0.1, 0.15) is 11.3 Å². The molecule has 5 nitrogen and oxygen atoms in total. The van der Waals surface area contributed by atoms with E-state index in [0.29, 0.717) is 18.0 Å². The van der Waals surface area contributed by atoms with Gasteiger partial charge in [-0.1, -0.05) is 0 Å².